The van der Waals surface area contributed by atoms with Crippen molar-refractivity contribution in [3.8, 4) is 0 Å². The maximum Gasteiger partial charge on any atom is 0.106 e. The predicted octanol–water partition coefficient (Wildman–Crippen LogP) is 1.49. The van der Waals surface area contributed by atoms with E-state index in [1.807, 2.05) is 25.3 Å². The molecule has 0 saturated carbocycles. The highest BCUT2D eigenvalue weighted by Crippen LogP contribution is 2.13. The molecule has 0 aromatic carbocycles. The zero-order chi connectivity index (χ0) is 9.68. The normalized spacial score (nSPS) is 12.8. The summed E-state index contributed by atoms with van der Waals surface area (Å²) in [5.74, 6) is 0. The first kappa shape index (κ1) is 10.6. The maximum absolute atomic E-state index is 8.62. The molecular formula is C9H13BrN2O. The number of nitrogens with one attached hydrogen (secondary N) is 1. The number of aromatic nitrogens is 1. The first-order valence-electron chi connectivity index (χ1n) is 4.19. The number of aliphatic hydroxyl groups is 1. The maximum atomic E-state index is 8.62. The van der Waals surface area contributed by atoms with Crippen LogP contribution in [0.15, 0.2) is 22.9 Å². The highest BCUT2D eigenvalue weighted by Gasteiger charge is 2.03. The lowest BCUT2D eigenvalue weighted by molar-refractivity contribution is 0.286. The van der Waals surface area contributed by atoms with Crippen LogP contribution in [0.3, 0.4) is 0 Å². The Labute approximate surface area is 86.3 Å². The number of rotatable bonds is 4. The van der Waals surface area contributed by atoms with Crippen LogP contribution in [-0.4, -0.2) is 23.2 Å². The van der Waals surface area contributed by atoms with E-state index in [9.17, 15) is 0 Å². The van der Waals surface area contributed by atoms with E-state index in [2.05, 4.69) is 26.2 Å². The lowest BCUT2D eigenvalue weighted by Crippen LogP contribution is -2.22. The number of pyridine rings is 1. The molecule has 1 aromatic rings. The molecule has 72 valence electrons. The molecule has 4 heteroatoms. The Morgan fingerprint density at radius 2 is 2.38 bits per heavy atom. The van der Waals surface area contributed by atoms with Gasteiger partial charge in [0.05, 0.1) is 6.61 Å². The first-order valence-corrected chi connectivity index (χ1v) is 4.99. The molecule has 0 bridgehead atoms. The minimum absolute atomic E-state index is 0.161. The molecule has 1 heterocycles. The number of nitrogens with zero attached hydrogens (tertiary/aromatic N) is 1. The summed E-state index contributed by atoms with van der Waals surface area (Å²) in [6.45, 7) is 2.81. The summed E-state index contributed by atoms with van der Waals surface area (Å²) in [5, 5.41) is 11.8. The van der Waals surface area contributed by atoms with E-state index in [1.54, 1.807) is 0 Å². The molecule has 1 aromatic heterocycles. The SMILES string of the molecule is CC(NCCO)c1ccc(Br)nc1. The Hall–Kier alpha value is -0.450. The minimum Gasteiger partial charge on any atom is -0.395 e. The van der Waals surface area contributed by atoms with Crippen LogP contribution < -0.4 is 5.32 Å². The molecule has 1 rings (SSSR count). The van der Waals surface area contributed by atoms with Gasteiger partial charge in [-0.3, -0.25) is 0 Å². The van der Waals surface area contributed by atoms with Gasteiger partial charge in [-0.2, -0.15) is 0 Å². The zero-order valence-corrected chi connectivity index (χ0v) is 9.08. The van der Waals surface area contributed by atoms with Crippen LogP contribution in [0.1, 0.15) is 18.5 Å². The van der Waals surface area contributed by atoms with E-state index in [-0.39, 0.29) is 12.6 Å². The average Bonchev–Trinajstić information content (AvgIpc) is 2.15. The van der Waals surface area contributed by atoms with E-state index in [4.69, 9.17) is 5.11 Å². The zero-order valence-electron chi connectivity index (χ0n) is 7.50. The standard InChI is InChI=1S/C9H13BrN2O/c1-7(11-4-5-13)8-2-3-9(10)12-6-8/h2-3,6-7,11,13H,4-5H2,1H3. The van der Waals surface area contributed by atoms with Gasteiger partial charge in [-0.15, -0.1) is 0 Å². The van der Waals surface area contributed by atoms with Gasteiger partial charge < -0.3 is 10.4 Å². The van der Waals surface area contributed by atoms with Gasteiger partial charge in [-0.1, -0.05) is 6.07 Å². The highest BCUT2D eigenvalue weighted by atomic mass is 79.9. The molecule has 0 aliphatic carbocycles. The fraction of sp³-hybridized carbons (Fsp3) is 0.444. The van der Waals surface area contributed by atoms with E-state index >= 15 is 0 Å². The van der Waals surface area contributed by atoms with Crippen molar-refractivity contribution < 1.29 is 5.11 Å². The van der Waals surface area contributed by atoms with Crippen LogP contribution in [0, 0.1) is 0 Å². The fourth-order valence-electron chi connectivity index (χ4n) is 1.04. The van der Waals surface area contributed by atoms with E-state index in [0.29, 0.717) is 6.54 Å². The fourth-order valence-corrected chi connectivity index (χ4v) is 1.28. The second kappa shape index (κ2) is 5.32. The third-order valence-corrected chi connectivity index (χ3v) is 2.28. The van der Waals surface area contributed by atoms with Crippen molar-refractivity contribution in [2.75, 3.05) is 13.2 Å². The van der Waals surface area contributed by atoms with Crippen LogP contribution in [0.5, 0.6) is 0 Å². The molecule has 0 saturated heterocycles. The Morgan fingerprint density at radius 1 is 1.62 bits per heavy atom. The second-order valence-electron chi connectivity index (χ2n) is 2.81. The molecule has 0 aliphatic heterocycles. The number of aliphatic hydroxyl groups excluding tert-OH is 1. The topological polar surface area (TPSA) is 45.1 Å². The van der Waals surface area contributed by atoms with E-state index in [0.717, 1.165) is 10.2 Å². The van der Waals surface area contributed by atoms with Crippen LogP contribution in [0.2, 0.25) is 0 Å². The van der Waals surface area contributed by atoms with E-state index < -0.39 is 0 Å². The minimum atomic E-state index is 0.161. The van der Waals surface area contributed by atoms with Gasteiger partial charge in [-0.05, 0) is 34.5 Å². The van der Waals surface area contributed by atoms with Crippen LogP contribution in [0.4, 0.5) is 0 Å². The third kappa shape index (κ3) is 3.42. The summed E-state index contributed by atoms with van der Waals surface area (Å²) < 4.78 is 0.839. The average molecular weight is 245 g/mol. The molecular weight excluding hydrogens is 232 g/mol. The van der Waals surface area contributed by atoms with Gasteiger partial charge in [0.25, 0.3) is 0 Å². The van der Waals surface area contributed by atoms with Crippen molar-refractivity contribution in [3.63, 3.8) is 0 Å². The Morgan fingerprint density at radius 3 is 2.92 bits per heavy atom. The Bertz CT molecular complexity index is 250. The van der Waals surface area contributed by atoms with Gasteiger partial charge in [0.2, 0.25) is 0 Å². The largest absolute Gasteiger partial charge is 0.395 e. The lowest BCUT2D eigenvalue weighted by atomic mass is 10.1. The van der Waals surface area contributed by atoms with Crippen molar-refractivity contribution in [2.24, 2.45) is 0 Å². The molecule has 0 fully saturated rings. The van der Waals surface area contributed by atoms with Gasteiger partial charge >= 0.3 is 0 Å². The molecule has 3 nitrogen and oxygen atoms in total. The smallest absolute Gasteiger partial charge is 0.106 e. The summed E-state index contributed by atoms with van der Waals surface area (Å²) in [4.78, 5) is 4.12. The second-order valence-corrected chi connectivity index (χ2v) is 3.63. The van der Waals surface area contributed by atoms with E-state index in [1.165, 1.54) is 0 Å². The lowest BCUT2D eigenvalue weighted by Gasteiger charge is -2.12. The molecule has 2 N–H and O–H groups in total. The van der Waals surface area contributed by atoms with Crippen LogP contribution in [-0.2, 0) is 0 Å². The predicted molar refractivity (Wildman–Crippen MR) is 55.4 cm³/mol. The summed E-state index contributed by atoms with van der Waals surface area (Å²) in [6.07, 6.45) is 1.82. The van der Waals surface area contributed by atoms with Crippen molar-refractivity contribution in [2.45, 2.75) is 13.0 Å². The van der Waals surface area contributed by atoms with Gasteiger partial charge in [0.1, 0.15) is 4.60 Å². The Kier molecular flexibility index (Phi) is 4.35. The van der Waals surface area contributed by atoms with Crippen molar-refractivity contribution in [1.29, 1.82) is 0 Å². The molecule has 0 aliphatic rings. The molecule has 0 spiro atoms. The monoisotopic (exact) mass is 244 g/mol. The summed E-state index contributed by atoms with van der Waals surface area (Å²) in [7, 11) is 0. The number of hydrogen-bond donors (Lipinski definition) is 2. The third-order valence-electron chi connectivity index (χ3n) is 1.81. The molecule has 1 atom stereocenters. The van der Waals surface area contributed by atoms with Gasteiger partial charge in [0, 0.05) is 18.8 Å². The summed E-state index contributed by atoms with van der Waals surface area (Å²) in [6, 6.07) is 4.14. The summed E-state index contributed by atoms with van der Waals surface area (Å²) >= 11 is 3.28. The Balaban J connectivity index is 2.55. The molecule has 13 heavy (non-hydrogen) atoms. The molecule has 0 amide bonds. The van der Waals surface area contributed by atoms with Crippen molar-refractivity contribution in [3.05, 3.63) is 28.5 Å². The van der Waals surface area contributed by atoms with Crippen molar-refractivity contribution in [1.82, 2.24) is 10.3 Å². The number of halogens is 1. The van der Waals surface area contributed by atoms with Crippen LogP contribution in [0.25, 0.3) is 0 Å². The van der Waals surface area contributed by atoms with Gasteiger partial charge in [0.15, 0.2) is 0 Å². The molecule has 0 radical (unpaired) electrons. The van der Waals surface area contributed by atoms with Gasteiger partial charge in [-0.25, -0.2) is 4.98 Å². The first-order chi connectivity index (χ1) is 6.24. The van der Waals surface area contributed by atoms with Crippen molar-refractivity contribution >= 4 is 15.9 Å². The summed E-state index contributed by atoms with van der Waals surface area (Å²) in [5.41, 5.74) is 1.12. The number of hydrogen-bond acceptors (Lipinski definition) is 3. The quantitative estimate of drug-likeness (QED) is 0.790. The molecule has 1 unspecified atom stereocenters. The van der Waals surface area contributed by atoms with Crippen LogP contribution >= 0.6 is 15.9 Å². The highest BCUT2D eigenvalue weighted by molar-refractivity contribution is 9.10.